The second-order valence-corrected chi connectivity index (χ2v) is 5.85. The predicted octanol–water partition coefficient (Wildman–Crippen LogP) is 3.54. The maximum Gasteiger partial charge on any atom is 0.227 e. The Labute approximate surface area is 128 Å². The molecule has 21 heavy (non-hydrogen) atoms. The van der Waals surface area contributed by atoms with E-state index in [0.29, 0.717) is 11.4 Å². The van der Waals surface area contributed by atoms with E-state index in [0.717, 1.165) is 36.4 Å². The first-order valence-electron chi connectivity index (χ1n) is 7.10. The quantitative estimate of drug-likeness (QED) is 0.871. The Morgan fingerprint density at radius 2 is 2.33 bits per heavy atom. The van der Waals surface area contributed by atoms with E-state index >= 15 is 0 Å². The molecule has 5 heteroatoms. The number of carbonyl (C=O) groups excluding carboxylic acids is 1. The monoisotopic (exact) mass is 304 g/mol. The van der Waals surface area contributed by atoms with Crippen LogP contribution in [-0.2, 0) is 11.2 Å². The van der Waals surface area contributed by atoms with Crippen LogP contribution in [0, 0.1) is 6.92 Å². The average Bonchev–Trinajstić information content (AvgIpc) is 3.06. The first-order chi connectivity index (χ1) is 10.1. The van der Waals surface area contributed by atoms with Crippen molar-refractivity contribution >= 4 is 17.5 Å². The fraction of sp³-hybridized carbons (Fsp3) is 0.375. The molecule has 0 unspecified atom stereocenters. The molecule has 0 aliphatic carbocycles. The van der Waals surface area contributed by atoms with Crippen molar-refractivity contribution in [3.63, 3.8) is 0 Å². The van der Waals surface area contributed by atoms with E-state index in [-0.39, 0.29) is 11.9 Å². The van der Waals surface area contributed by atoms with Gasteiger partial charge in [-0.3, -0.25) is 4.79 Å². The molecular formula is C16H17ClN2O2. The van der Waals surface area contributed by atoms with Gasteiger partial charge in [-0.05, 0) is 37.5 Å². The highest BCUT2D eigenvalue weighted by Gasteiger charge is 2.31. The molecule has 0 radical (unpaired) electrons. The van der Waals surface area contributed by atoms with Crippen molar-refractivity contribution in [1.29, 1.82) is 0 Å². The molecule has 4 nitrogen and oxygen atoms in total. The van der Waals surface area contributed by atoms with Gasteiger partial charge in [-0.2, -0.15) is 0 Å². The Hall–Kier alpha value is -1.81. The average molecular weight is 305 g/mol. The number of hydrogen-bond donors (Lipinski definition) is 0. The Balaban J connectivity index is 1.74. The molecule has 1 amide bonds. The number of likely N-dealkylation sites (tertiary alicyclic amines) is 1. The van der Waals surface area contributed by atoms with Crippen molar-refractivity contribution < 1.29 is 9.32 Å². The summed E-state index contributed by atoms with van der Waals surface area (Å²) in [7, 11) is 0. The molecule has 0 bridgehead atoms. The molecular weight excluding hydrogens is 288 g/mol. The minimum atomic E-state index is 0.0362. The van der Waals surface area contributed by atoms with Gasteiger partial charge >= 0.3 is 0 Å². The van der Waals surface area contributed by atoms with Crippen LogP contribution in [0.4, 0.5) is 0 Å². The molecule has 1 aromatic heterocycles. The summed E-state index contributed by atoms with van der Waals surface area (Å²) in [5.74, 6) is 0.888. The minimum absolute atomic E-state index is 0.0362. The number of hydrogen-bond acceptors (Lipinski definition) is 3. The number of carbonyl (C=O) groups is 1. The van der Waals surface area contributed by atoms with Gasteiger partial charge in [0.1, 0.15) is 11.5 Å². The second kappa shape index (κ2) is 5.90. The number of halogens is 1. The van der Waals surface area contributed by atoms with E-state index in [9.17, 15) is 4.79 Å². The van der Waals surface area contributed by atoms with Crippen molar-refractivity contribution in [3.8, 4) is 0 Å². The zero-order valence-corrected chi connectivity index (χ0v) is 12.6. The van der Waals surface area contributed by atoms with Crippen LogP contribution in [0.5, 0.6) is 0 Å². The van der Waals surface area contributed by atoms with Gasteiger partial charge in [0.2, 0.25) is 5.91 Å². The maximum absolute atomic E-state index is 12.5. The van der Waals surface area contributed by atoms with Crippen LogP contribution in [0.1, 0.15) is 35.9 Å². The number of aryl methyl sites for hydroxylation is 1. The molecule has 1 aromatic carbocycles. The van der Waals surface area contributed by atoms with Gasteiger partial charge in [0.25, 0.3) is 0 Å². The normalized spacial score (nSPS) is 18.2. The largest absolute Gasteiger partial charge is 0.361 e. The highest BCUT2D eigenvalue weighted by atomic mass is 35.5. The third-order valence-corrected chi connectivity index (χ3v) is 4.04. The van der Waals surface area contributed by atoms with Crippen LogP contribution >= 0.6 is 11.6 Å². The topological polar surface area (TPSA) is 46.3 Å². The summed E-state index contributed by atoms with van der Waals surface area (Å²) in [6.07, 6.45) is 2.30. The predicted molar refractivity (Wildman–Crippen MR) is 80.1 cm³/mol. The summed E-state index contributed by atoms with van der Waals surface area (Å²) >= 11 is 5.97. The fourth-order valence-electron chi connectivity index (χ4n) is 2.84. The summed E-state index contributed by atoms with van der Waals surface area (Å²) in [6.45, 7) is 2.64. The first kappa shape index (κ1) is 14.1. The second-order valence-electron chi connectivity index (χ2n) is 5.41. The molecule has 0 saturated carbocycles. The SMILES string of the molecule is Cc1cc([C@@H]2CCCN2C(=O)Cc2cccc(Cl)c2)no1. The minimum Gasteiger partial charge on any atom is -0.361 e. The zero-order chi connectivity index (χ0) is 14.8. The third kappa shape index (κ3) is 3.10. The van der Waals surface area contributed by atoms with E-state index < -0.39 is 0 Å². The van der Waals surface area contributed by atoms with E-state index in [4.69, 9.17) is 16.1 Å². The van der Waals surface area contributed by atoms with Gasteiger partial charge in [-0.15, -0.1) is 0 Å². The molecule has 110 valence electrons. The summed E-state index contributed by atoms with van der Waals surface area (Å²) in [5.41, 5.74) is 1.79. The molecule has 1 aliphatic heterocycles. The summed E-state index contributed by atoms with van der Waals surface area (Å²) in [4.78, 5) is 14.4. The molecule has 2 aromatic rings. The molecule has 1 aliphatic rings. The molecule has 1 atom stereocenters. The van der Waals surface area contributed by atoms with Crippen molar-refractivity contribution in [3.05, 3.63) is 52.4 Å². The van der Waals surface area contributed by atoms with Gasteiger partial charge in [0, 0.05) is 17.6 Å². The van der Waals surface area contributed by atoms with E-state index in [2.05, 4.69) is 5.16 Å². The Bertz CT molecular complexity index is 653. The van der Waals surface area contributed by atoms with Gasteiger partial charge < -0.3 is 9.42 Å². The van der Waals surface area contributed by atoms with Crippen LogP contribution < -0.4 is 0 Å². The van der Waals surface area contributed by atoms with E-state index in [1.54, 1.807) is 0 Å². The highest BCUT2D eigenvalue weighted by Crippen LogP contribution is 2.32. The van der Waals surface area contributed by atoms with Crippen LogP contribution in [0.3, 0.4) is 0 Å². The maximum atomic E-state index is 12.5. The van der Waals surface area contributed by atoms with Gasteiger partial charge in [-0.1, -0.05) is 28.9 Å². The van der Waals surface area contributed by atoms with Crippen LogP contribution in [0.25, 0.3) is 0 Å². The van der Waals surface area contributed by atoms with Crippen molar-refractivity contribution in [1.82, 2.24) is 10.1 Å². The van der Waals surface area contributed by atoms with Crippen LogP contribution in [-0.4, -0.2) is 22.5 Å². The van der Waals surface area contributed by atoms with Crippen LogP contribution in [0.15, 0.2) is 34.9 Å². The summed E-state index contributed by atoms with van der Waals surface area (Å²) < 4.78 is 5.13. The molecule has 0 spiro atoms. The Kier molecular flexibility index (Phi) is 3.97. The van der Waals surface area contributed by atoms with E-state index in [1.165, 1.54) is 0 Å². The molecule has 0 N–H and O–H groups in total. The lowest BCUT2D eigenvalue weighted by molar-refractivity contribution is -0.131. The number of rotatable bonds is 3. The zero-order valence-electron chi connectivity index (χ0n) is 11.9. The highest BCUT2D eigenvalue weighted by molar-refractivity contribution is 6.30. The van der Waals surface area contributed by atoms with E-state index in [1.807, 2.05) is 42.2 Å². The standard InChI is InChI=1S/C16H17ClN2O2/c1-11-8-14(18-21-11)15-6-3-7-19(15)16(20)10-12-4-2-5-13(17)9-12/h2,4-5,8-9,15H,3,6-7,10H2,1H3/t15-/m0/s1. The van der Waals surface area contributed by atoms with Gasteiger partial charge in [0.15, 0.2) is 0 Å². The van der Waals surface area contributed by atoms with Crippen molar-refractivity contribution in [2.24, 2.45) is 0 Å². The number of amides is 1. The lowest BCUT2D eigenvalue weighted by atomic mass is 10.1. The van der Waals surface area contributed by atoms with Crippen molar-refractivity contribution in [2.75, 3.05) is 6.54 Å². The van der Waals surface area contributed by atoms with Gasteiger partial charge in [0.05, 0.1) is 12.5 Å². The Morgan fingerprint density at radius 1 is 1.48 bits per heavy atom. The lowest BCUT2D eigenvalue weighted by Crippen LogP contribution is -2.32. The Morgan fingerprint density at radius 3 is 3.05 bits per heavy atom. The molecule has 1 saturated heterocycles. The number of aromatic nitrogens is 1. The third-order valence-electron chi connectivity index (χ3n) is 3.81. The van der Waals surface area contributed by atoms with Crippen LogP contribution in [0.2, 0.25) is 5.02 Å². The van der Waals surface area contributed by atoms with Crippen molar-refractivity contribution in [2.45, 2.75) is 32.2 Å². The molecule has 1 fully saturated rings. The number of benzene rings is 1. The summed E-state index contributed by atoms with van der Waals surface area (Å²) in [5, 5.41) is 4.72. The fourth-order valence-corrected chi connectivity index (χ4v) is 3.05. The first-order valence-corrected chi connectivity index (χ1v) is 7.48. The molecule has 2 heterocycles. The lowest BCUT2D eigenvalue weighted by Gasteiger charge is -2.23. The molecule has 3 rings (SSSR count). The smallest absolute Gasteiger partial charge is 0.227 e. The van der Waals surface area contributed by atoms with Gasteiger partial charge in [-0.25, -0.2) is 0 Å². The summed E-state index contributed by atoms with van der Waals surface area (Å²) in [6, 6.07) is 9.39. The number of nitrogens with zero attached hydrogens (tertiary/aromatic N) is 2.